The summed E-state index contributed by atoms with van der Waals surface area (Å²) in [7, 11) is 0. The highest BCUT2D eigenvalue weighted by Gasteiger charge is 2.39. The molecule has 0 aromatic heterocycles. The van der Waals surface area contributed by atoms with Gasteiger partial charge in [0.15, 0.2) is 0 Å². The molecule has 4 atom stereocenters. The first-order chi connectivity index (χ1) is 24.0. The Morgan fingerprint density at radius 2 is 1.52 bits per heavy atom. The Morgan fingerprint density at radius 1 is 0.860 bits per heavy atom. The molecule has 3 aromatic carbocycles. The number of amides is 6. The summed E-state index contributed by atoms with van der Waals surface area (Å²) in [5.74, 6) is -2.49. The smallest absolute Gasteiger partial charge is 0.410 e. The molecule has 0 spiro atoms. The van der Waals surface area contributed by atoms with Crippen molar-refractivity contribution in [1.29, 1.82) is 0 Å². The standard InChI is InChI=1S/C35H41N7O7S/c36-17-7-12-27(41-35(48)49-25-15-13-22(14-16-25)18-26(37)32(45)39-24-10-5-2-6-11-24)33(46)40-28(31(38)44)21-50-29-19-30(43)42(34(29)47)20-23-8-3-1-4-9-23/h1-6,8-11,13-16,26-29H,7,12,17-21,36-37H2,(H2,38,44)(H,39,45)(H,40,46)(H,41,48). The van der Waals surface area contributed by atoms with Crippen molar-refractivity contribution in [2.45, 2.75) is 55.6 Å². The maximum Gasteiger partial charge on any atom is 0.413 e. The molecule has 4 rings (SSSR count). The zero-order valence-corrected chi connectivity index (χ0v) is 28.1. The van der Waals surface area contributed by atoms with Gasteiger partial charge < -0.3 is 37.9 Å². The molecular formula is C35H41N7O7S. The van der Waals surface area contributed by atoms with Crippen LogP contribution in [0, 0.1) is 0 Å². The number of likely N-dealkylation sites (tertiary alicyclic amines) is 1. The quantitative estimate of drug-likeness (QED) is 0.111. The number of hydrogen-bond donors (Lipinski definition) is 6. The maximum atomic E-state index is 13.2. The monoisotopic (exact) mass is 703 g/mol. The number of thioether (sulfide) groups is 1. The molecule has 1 aliphatic rings. The maximum absolute atomic E-state index is 13.2. The molecule has 15 heteroatoms. The molecule has 6 amide bonds. The number of nitrogens with zero attached hydrogens (tertiary/aromatic N) is 1. The molecule has 1 heterocycles. The van der Waals surface area contributed by atoms with Gasteiger partial charge in [-0.15, -0.1) is 11.8 Å². The second-order valence-corrected chi connectivity index (χ2v) is 12.9. The van der Waals surface area contributed by atoms with Gasteiger partial charge in [0.1, 0.15) is 17.8 Å². The first-order valence-corrected chi connectivity index (χ1v) is 17.1. The summed E-state index contributed by atoms with van der Waals surface area (Å²) in [6.07, 6.45) is -0.214. The number of nitrogens with one attached hydrogen (secondary N) is 3. The number of benzene rings is 3. The Labute approximate surface area is 293 Å². The summed E-state index contributed by atoms with van der Waals surface area (Å²) >= 11 is 1.05. The van der Waals surface area contributed by atoms with Gasteiger partial charge in [0.05, 0.1) is 17.8 Å². The van der Waals surface area contributed by atoms with Gasteiger partial charge in [0.2, 0.25) is 29.5 Å². The van der Waals surface area contributed by atoms with Crippen LogP contribution in [0.25, 0.3) is 0 Å². The van der Waals surface area contributed by atoms with Crippen molar-refractivity contribution in [3.8, 4) is 5.75 Å². The van der Waals surface area contributed by atoms with Crippen LogP contribution >= 0.6 is 11.8 Å². The summed E-state index contributed by atoms with van der Waals surface area (Å²) in [6, 6.07) is 21.3. The molecular weight excluding hydrogens is 662 g/mol. The minimum absolute atomic E-state index is 0.0420. The molecule has 1 saturated heterocycles. The third-order valence-electron chi connectivity index (χ3n) is 7.78. The molecule has 0 saturated carbocycles. The molecule has 4 unspecified atom stereocenters. The number of carbonyl (C=O) groups excluding carboxylic acids is 6. The van der Waals surface area contributed by atoms with E-state index in [1.807, 2.05) is 36.4 Å². The number of ether oxygens (including phenoxy) is 1. The average Bonchev–Trinajstić information content (AvgIpc) is 3.37. The molecule has 264 valence electrons. The zero-order chi connectivity index (χ0) is 36.0. The third-order valence-corrected chi connectivity index (χ3v) is 9.08. The summed E-state index contributed by atoms with van der Waals surface area (Å²) in [5, 5.41) is 7.07. The van der Waals surface area contributed by atoms with Crippen molar-refractivity contribution in [2.24, 2.45) is 17.2 Å². The van der Waals surface area contributed by atoms with Gasteiger partial charge >= 0.3 is 6.09 Å². The van der Waals surface area contributed by atoms with E-state index in [1.54, 1.807) is 36.4 Å². The molecule has 9 N–H and O–H groups in total. The van der Waals surface area contributed by atoms with Crippen LogP contribution < -0.4 is 37.9 Å². The average molecular weight is 704 g/mol. The van der Waals surface area contributed by atoms with Crippen molar-refractivity contribution in [3.05, 3.63) is 96.1 Å². The molecule has 1 aliphatic heterocycles. The van der Waals surface area contributed by atoms with Crippen LogP contribution in [0.15, 0.2) is 84.9 Å². The molecule has 50 heavy (non-hydrogen) atoms. The zero-order valence-electron chi connectivity index (χ0n) is 27.3. The Morgan fingerprint density at radius 3 is 2.16 bits per heavy atom. The normalized spacial score (nSPS) is 15.9. The fourth-order valence-electron chi connectivity index (χ4n) is 5.06. The second kappa shape index (κ2) is 18.5. The van der Waals surface area contributed by atoms with E-state index >= 15 is 0 Å². The third kappa shape index (κ3) is 11.1. The Hall–Kier alpha value is -5.25. The van der Waals surface area contributed by atoms with Gasteiger partial charge in [-0.25, -0.2) is 4.79 Å². The van der Waals surface area contributed by atoms with Crippen molar-refractivity contribution in [1.82, 2.24) is 15.5 Å². The van der Waals surface area contributed by atoms with Gasteiger partial charge in [0.25, 0.3) is 0 Å². The van der Waals surface area contributed by atoms with E-state index in [2.05, 4.69) is 16.0 Å². The topological polar surface area (TPSA) is 229 Å². The van der Waals surface area contributed by atoms with Crippen molar-refractivity contribution in [3.63, 3.8) is 0 Å². The minimum atomic E-state index is -1.19. The number of imide groups is 1. The fourth-order valence-corrected chi connectivity index (χ4v) is 6.26. The minimum Gasteiger partial charge on any atom is -0.410 e. The van der Waals surface area contributed by atoms with E-state index in [0.29, 0.717) is 12.1 Å². The van der Waals surface area contributed by atoms with Gasteiger partial charge in [-0.3, -0.25) is 28.9 Å². The number of para-hydroxylation sites is 1. The summed E-state index contributed by atoms with van der Waals surface area (Å²) in [4.78, 5) is 77.4. The van der Waals surface area contributed by atoms with E-state index in [4.69, 9.17) is 21.9 Å². The first-order valence-electron chi connectivity index (χ1n) is 16.0. The van der Waals surface area contributed by atoms with Crippen LogP contribution in [0.2, 0.25) is 0 Å². The number of nitrogens with two attached hydrogens (primary N) is 3. The highest BCUT2D eigenvalue weighted by molar-refractivity contribution is 8.00. The van der Waals surface area contributed by atoms with E-state index < -0.39 is 41.3 Å². The lowest BCUT2D eigenvalue weighted by molar-refractivity contribution is -0.139. The summed E-state index contributed by atoms with van der Waals surface area (Å²) in [6.45, 7) is 0.377. The van der Waals surface area contributed by atoms with Crippen molar-refractivity contribution < 1.29 is 33.5 Å². The van der Waals surface area contributed by atoms with Gasteiger partial charge in [-0.05, 0) is 61.2 Å². The Kier molecular flexibility index (Phi) is 13.9. The highest BCUT2D eigenvalue weighted by Crippen LogP contribution is 2.27. The number of hydrogen-bond acceptors (Lipinski definition) is 10. The lowest BCUT2D eigenvalue weighted by Gasteiger charge is -2.22. The van der Waals surface area contributed by atoms with E-state index in [-0.39, 0.29) is 61.6 Å². The summed E-state index contributed by atoms with van der Waals surface area (Å²) in [5.41, 5.74) is 19.4. The lowest BCUT2D eigenvalue weighted by Crippen LogP contribution is -2.54. The molecule has 3 aromatic rings. The van der Waals surface area contributed by atoms with Crippen LogP contribution in [0.4, 0.5) is 10.5 Å². The number of carbonyl (C=O) groups is 6. The van der Waals surface area contributed by atoms with Gasteiger partial charge in [-0.2, -0.15) is 0 Å². The Bertz CT molecular complexity index is 1640. The fraction of sp³-hybridized carbons (Fsp3) is 0.314. The SMILES string of the molecule is NCCCC(NC(=O)Oc1ccc(CC(N)C(=O)Nc2ccccc2)cc1)C(=O)NC(CSC1CC(=O)N(Cc2ccccc2)C1=O)C(N)=O. The lowest BCUT2D eigenvalue weighted by atomic mass is 10.1. The van der Waals surface area contributed by atoms with E-state index in [1.165, 1.54) is 17.0 Å². The molecule has 1 fully saturated rings. The van der Waals surface area contributed by atoms with Crippen LogP contribution in [0.5, 0.6) is 5.75 Å². The predicted molar refractivity (Wildman–Crippen MR) is 188 cm³/mol. The van der Waals surface area contributed by atoms with Crippen molar-refractivity contribution >= 4 is 53.1 Å². The highest BCUT2D eigenvalue weighted by atomic mass is 32.2. The van der Waals surface area contributed by atoms with Crippen molar-refractivity contribution in [2.75, 3.05) is 17.6 Å². The molecule has 14 nitrogen and oxygen atoms in total. The largest absolute Gasteiger partial charge is 0.413 e. The van der Waals surface area contributed by atoms with Crippen LogP contribution in [0.1, 0.15) is 30.4 Å². The predicted octanol–water partition coefficient (Wildman–Crippen LogP) is 1.42. The Balaban J connectivity index is 1.28. The first kappa shape index (κ1) is 37.6. The van der Waals surface area contributed by atoms with Crippen LogP contribution in [-0.4, -0.2) is 76.2 Å². The molecule has 0 bridgehead atoms. The second-order valence-electron chi connectivity index (χ2n) is 11.6. The summed E-state index contributed by atoms with van der Waals surface area (Å²) < 4.78 is 5.36. The number of anilines is 1. The van der Waals surface area contributed by atoms with E-state index in [9.17, 15) is 28.8 Å². The number of rotatable bonds is 17. The molecule has 0 radical (unpaired) electrons. The molecule has 0 aliphatic carbocycles. The van der Waals surface area contributed by atoms with Crippen LogP contribution in [-0.2, 0) is 36.9 Å². The van der Waals surface area contributed by atoms with E-state index in [0.717, 1.165) is 22.9 Å². The number of primary amides is 1. The van der Waals surface area contributed by atoms with Gasteiger partial charge in [0, 0.05) is 17.9 Å². The van der Waals surface area contributed by atoms with Gasteiger partial charge in [-0.1, -0.05) is 60.7 Å². The van der Waals surface area contributed by atoms with Crippen LogP contribution in [0.3, 0.4) is 0 Å².